The van der Waals surface area contributed by atoms with Gasteiger partial charge in [0, 0.05) is 0 Å². The van der Waals surface area contributed by atoms with Crippen LogP contribution in [0.5, 0.6) is 5.75 Å². The average Bonchev–Trinajstić information content (AvgIpc) is 2.87. The second-order valence-electron chi connectivity index (χ2n) is 8.36. The zero-order chi connectivity index (χ0) is 22.9. The van der Waals surface area contributed by atoms with Crippen molar-refractivity contribution in [1.29, 1.82) is 0 Å². The summed E-state index contributed by atoms with van der Waals surface area (Å²) in [7, 11) is 1.65. The minimum Gasteiger partial charge on any atom is -0.496 e. The van der Waals surface area contributed by atoms with E-state index >= 15 is 0 Å². The summed E-state index contributed by atoms with van der Waals surface area (Å²) in [5.74, 6) is 1.72. The van der Waals surface area contributed by atoms with Crippen molar-refractivity contribution in [3.8, 4) is 22.8 Å². The summed E-state index contributed by atoms with van der Waals surface area (Å²) in [5.41, 5.74) is 3.42. The first-order valence-corrected chi connectivity index (χ1v) is 11.3. The first-order chi connectivity index (χ1) is 16.1. The standard InChI is InChI=1S/C29H26N2O2/c1-4-19(2)20-13-16-22(17-14-20)31-28(30-25-12-8-7-11-24(25)29(31)32)27-23-10-6-5-9-21(23)15-18-26(27)33-3/h5-19H,4H2,1-3H3. The predicted octanol–water partition coefficient (Wildman–Crippen LogP) is 6.73. The molecule has 0 saturated carbocycles. The predicted molar refractivity (Wildman–Crippen MR) is 136 cm³/mol. The molecule has 0 aliphatic heterocycles. The molecule has 33 heavy (non-hydrogen) atoms. The number of aromatic nitrogens is 2. The fraction of sp³-hybridized carbons (Fsp3) is 0.172. The smallest absolute Gasteiger partial charge is 0.266 e. The Balaban J connectivity index is 1.88. The van der Waals surface area contributed by atoms with E-state index in [9.17, 15) is 4.79 Å². The average molecular weight is 435 g/mol. The van der Waals surface area contributed by atoms with Gasteiger partial charge in [-0.3, -0.25) is 9.36 Å². The number of fused-ring (bicyclic) bond motifs is 2. The summed E-state index contributed by atoms with van der Waals surface area (Å²) in [5, 5.41) is 2.64. The molecule has 4 heteroatoms. The Morgan fingerprint density at radius 2 is 1.58 bits per heavy atom. The van der Waals surface area contributed by atoms with Crippen LogP contribution in [0, 0.1) is 0 Å². The highest BCUT2D eigenvalue weighted by molar-refractivity contribution is 5.99. The van der Waals surface area contributed by atoms with E-state index in [0.29, 0.717) is 28.4 Å². The molecule has 0 amide bonds. The lowest BCUT2D eigenvalue weighted by Gasteiger charge is -2.18. The summed E-state index contributed by atoms with van der Waals surface area (Å²) in [4.78, 5) is 18.8. The molecule has 0 N–H and O–H groups in total. The molecule has 0 bridgehead atoms. The highest BCUT2D eigenvalue weighted by Crippen LogP contribution is 2.37. The number of benzene rings is 4. The van der Waals surface area contributed by atoms with Gasteiger partial charge in [-0.05, 0) is 59.0 Å². The number of para-hydroxylation sites is 1. The van der Waals surface area contributed by atoms with Gasteiger partial charge >= 0.3 is 0 Å². The Hall–Kier alpha value is -3.92. The molecule has 1 atom stereocenters. The maximum atomic E-state index is 13.8. The Kier molecular flexibility index (Phi) is 5.43. The normalized spacial score (nSPS) is 12.2. The molecule has 5 aromatic rings. The molecule has 0 saturated heterocycles. The van der Waals surface area contributed by atoms with E-state index in [0.717, 1.165) is 28.4 Å². The molecule has 0 spiro atoms. The molecule has 0 aliphatic carbocycles. The highest BCUT2D eigenvalue weighted by Gasteiger charge is 2.20. The third-order valence-electron chi connectivity index (χ3n) is 6.44. The van der Waals surface area contributed by atoms with Crippen LogP contribution in [0.1, 0.15) is 31.7 Å². The second-order valence-corrected chi connectivity index (χ2v) is 8.36. The van der Waals surface area contributed by atoms with E-state index < -0.39 is 0 Å². The lowest BCUT2D eigenvalue weighted by molar-refractivity contribution is 0.416. The van der Waals surface area contributed by atoms with E-state index in [1.165, 1.54) is 5.56 Å². The summed E-state index contributed by atoms with van der Waals surface area (Å²) in [6, 6.07) is 27.8. The summed E-state index contributed by atoms with van der Waals surface area (Å²) in [6.07, 6.45) is 1.06. The molecular formula is C29H26N2O2. The summed E-state index contributed by atoms with van der Waals surface area (Å²) in [6.45, 7) is 4.40. The largest absolute Gasteiger partial charge is 0.496 e. The van der Waals surface area contributed by atoms with Gasteiger partial charge in [-0.2, -0.15) is 0 Å². The molecule has 1 aromatic heterocycles. The van der Waals surface area contributed by atoms with E-state index in [2.05, 4.69) is 32.0 Å². The van der Waals surface area contributed by atoms with Crippen molar-refractivity contribution in [2.24, 2.45) is 0 Å². The monoisotopic (exact) mass is 434 g/mol. The molecule has 0 radical (unpaired) electrons. The first-order valence-electron chi connectivity index (χ1n) is 11.3. The van der Waals surface area contributed by atoms with Gasteiger partial charge in [0.2, 0.25) is 0 Å². The third-order valence-corrected chi connectivity index (χ3v) is 6.44. The molecule has 4 aromatic carbocycles. The van der Waals surface area contributed by atoms with Gasteiger partial charge < -0.3 is 4.74 Å². The van der Waals surface area contributed by atoms with E-state index in [4.69, 9.17) is 9.72 Å². The summed E-state index contributed by atoms with van der Waals surface area (Å²) < 4.78 is 7.48. The molecular weight excluding hydrogens is 408 g/mol. The molecule has 164 valence electrons. The molecule has 1 heterocycles. The minimum absolute atomic E-state index is 0.0955. The number of hydrogen-bond donors (Lipinski definition) is 0. The highest BCUT2D eigenvalue weighted by atomic mass is 16.5. The Morgan fingerprint density at radius 3 is 2.30 bits per heavy atom. The Morgan fingerprint density at radius 1 is 0.879 bits per heavy atom. The number of methoxy groups -OCH3 is 1. The van der Waals surface area contributed by atoms with Gasteiger partial charge in [-0.1, -0.05) is 68.4 Å². The fourth-order valence-corrected chi connectivity index (χ4v) is 4.38. The fourth-order valence-electron chi connectivity index (χ4n) is 4.38. The number of nitrogens with zero attached hydrogens (tertiary/aromatic N) is 2. The molecule has 4 nitrogen and oxygen atoms in total. The minimum atomic E-state index is -0.0955. The van der Waals surface area contributed by atoms with E-state index in [-0.39, 0.29) is 5.56 Å². The zero-order valence-electron chi connectivity index (χ0n) is 19.1. The Labute approximate surface area is 193 Å². The van der Waals surface area contributed by atoms with Crippen LogP contribution in [0.25, 0.3) is 38.8 Å². The van der Waals surface area contributed by atoms with Gasteiger partial charge in [-0.25, -0.2) is 4.98 Å². The molecule has 0 aliphatic rings. The van der Waals surface area contributed by atoms with Crippen molar-refractivity contribution in [1.82, 2.24) is 9.55 Å². The van der Waals surface area contributed by atoms with Crippen LogP contribution >= 0.6 is 0 Å². The number of hydrogen-bond acceptors (Lipinski definition) is 3. The van der Waals surface area contributed by atoms with Crippen LogP contribution in [-0.4, -0.2) is 16.7 Å². The van der Waals surface area contributed by atoms with Gasteiger partial charge in [0.15, 0.2) is 5.82 Å². The lowest BCUT2D eigenvalue weighted by Crippen LogP contribution is -2.22. The topological polar surface area (TPSA) is 44.1 Å². The molecule has 1 unspecified atom stereocenters. The van der Waals surface area contributed by atoms with Crippen LogP contribution in [0.15, 0.2) is 89.7 Å². The van der Waals surface area contributed by atoms with Gasteiger partial charge in [-0.15, -0.1) is 0 Å². The van der Waals surface area contributed by atoms with Crippen LogP contribution in [0.4, 0.5) is 0 Å². The maximum Gasteiger partial charge on any atom is 0.266 e. The number of rotatable bonds is 5. The quantitative estimate of drug-likeness (QED) is 0.308. The van der Waals surface area contributed by atoms with Crippen LogP contribution < -0.4 is 10.3 Å². The summed E-state index contributed by atoms with van der Waals surface area (Å²) >= 11 is 0. The second kappa shape index (κ2) is 8.55. The molecule has 0 fully saturated rings. The first kappa shape index (κ1) is 21.0. The SMILES string of the molecule is CCC(C)c1ccc(-n2c(-c3c(OC)ccc4ccccc34)nc3ccccc3c2=O)cc1. The van der Waals surface area contributed by atoms with Crippen molar-refractivity contribution in [3.63, 3.8) is 0 Å². The van der Waals surface area contributed by atoms with Gasteiger partial charge in [0.1, 0.15) is 5.75 Å². The van der Waals surface area contributed by atoms with E-state index in [1.807, 2.05) is 66.7 Å². The number of ether oxygens (including phenoxy) is 1. The third kappa shape index (κ3) is 3.58. The van der Waals surface area contributed by atoms with Crippen LogP contribution in [0.3, 0.4) is 0 Å². The van der Waals surface area contributed by atoms with Crippen molar-refractivity contribution >= 4 is 21.7 Å². The van der Waals surface area contributed by atoms with Gasteiger partial charge in [0.25, 0.3) is 5.56 Å². The van der Waals surface area contributed by atoms with Gasteiger partial charge in [0.05, 0.1) is 29.3 Å². The zero-order valence-corrected chi connectivity index (χ0v) is 19.1. The van der Waals surface area contributed by atoms with Crippen molar-refractivity contribution < 1.29 is 4.74 Å². The van der Waals surface area contributed by atoms with E-state index in [1.54, 1.807) is 11.7 Å². The molecule has 5 rings (SSSR count). The maximum absolute atomic E-state index is 13.8. The van der Waals surface area contributed by atoms with Crippen molar-refractivity contribution in [3.05, 3.63) is 101 Å². The van der Waals surface area contributed by atoms with Crippen LogP contribution in [-0.2, 0) is 0 Å². The van der Waals surface area contributed by atoms with Crippen LogP contribution in [0.2, 0.25) is 0 Å². The van der Waals surface area contributed by atoms with Crippen molar-refractivity contribution in [2.45, 2.75) is 26.2 Å². The van der Waals surface area contributed by atoms with Crippen molar-refractivity contribution in [2.75, 3.05) is 7.11 Å². The Bertz CT molecular complexity index is 1520. The lowest BCUT2D eigenvalue weighted by atomic mass is 9.98.